The number of hydrogen-bond acceptors (Lipinski definition) is 7. The molecular weight excluding hydrogens is 413 g/mol. The molecule has 1 aliphatic carbocycles. The first-order chi connectivity index (χ1) is 14.4. The molecule has 0 radical (unpaired) electrons. The zero-order chi connectivity index (χ0) is 21.0. The Morgan fingerprint density at radius 2 is 2.10 bits per heavy atom. The monoisotopic (exact) mass is 433 g/mol. The van der Waals surface area contributed by atoms with E-state index in [0.29, 0.717) is 17.3 Å². The zero-order valence-corrected chi connectivity index (χ0v) is 16.7. The Morgan fingerprint density at radius 1 is 1.27 bits per heavy atom. The van der Waals surface area contributed by atoms with Crippen molar-refractivity contribution in [3.05, 3.63) is 46.6 Å². The van der Waals surface area contributed by atoms with E-state index in [0.717, 1.165) is 24.1 Å². The summed E-state index contributed by atoms with van der Waals surface area (Å²) in [6, 6.07) is 3.00. The van der Waals surface area contributed by atoms with Crippen LogP contribution in [-0.4, -0.2) is 49.6 Å². The summed E-state index contributed by atoms with van der Waals surface area (Å²) in [4.78, 5) is 7.94. The maximum Gasteiger partial charge on any atom is 0.154 e. The second-order valence-electron chi connectivity index (χ2n) is 7.75. The van der Waals surface area contributed by atoms with E-state index in [1.54, 1.807) is 6.07 Å². The van der Waals surface area contributed by atoms with Crippen molar-refractivity contribution in [2.45, 2.75) is 43.7 Å². The molecule has 2 aliphatic rings. The van der Waals surface area contributed by atoms with Crippen LogP contribution < -0.4 is 15.8 Å². The normalized spacial score (nSPS) is 26.1. The van der Waals surface area contributed by atoms with Gasteiger partial charge in [-0.1, -0.05) is 11.6 Å². The SMILES string of the molecule is Nc1ncnc2c1c(F)cn2C1CC(Oc2cc(Cl)cc3c2CNCC3)C(O)C1O. The van der Waals surface area contributed by atoms with Crippen molar-refractivity contribution in [3.8, 4) is 5.75 Å². The standard InChI is InChI=1S/C20H21ClFN5O3/c21-10-3-9-1-2-24-6-11(9)14(4-10)30-15-5-13(17(28)18(15)29)27-7-12(22)16-19(23)25-8-26-20(16)27/h3-4,7-8,13,15,17-18,24,28-29H,1-2,5-6H2,(H2,23,25,26). The van der Waals surface area contributed by atoms with Crippen LogP contribution in [0.25, 0.3) is 11.0 Å². The van der Waals surface area contributed by atoms with Crippen molar-refractivity contribution >= 4 is 28.5 Å². The van der Waals surface area contributed by atoms with Crippen LogP contribution in [0.4, 0.5) is 10.2 Å². The Bertz CT molecular complexity index is 1120. The molecule has 1 aliphatic heterocycles. The van der Waals surface area contributed by atoms with Gasteiger partial charge in [0.1, 0.15) is 41.9 Å². The number of nitrogen functional groups attached to an aromatic ring is 1. The maximum atomic E-state index is 14.4. The number of nitrogens with two attached hydrogens (primary N) is 1. The van der Waals surface area contributed by atoms with E-state index in [2.05, 4.69) is 15.3 Å². The fraction of sp³-hybridized carbons (Fsp3) is 0.400. The minimum absolute atomic E-state index is 0.0233. The largest absolute Gasteiger partial charge is 0.487 e. The zero-order valence-electron chi connectivity index (χ0n) is 15.9. The minimum Gasteiger partial charge on any atom is -0.487 e. The van der Waals surface area contributed by atoms with Gasteiger partial charge in [0.05, 0.1) is 11.4 Å². The predicted molar refractivity (Wildman–Crippen MR) is 109 cm³/mol. The van der Waals surface area contributed by atoms with Gasteiger partial charge in [-0.3, -0.25) is 0 Å². The summed E-state index contributed by atoms with van der Waals surface area (Å²) in [5.41, 5.74) is 8.14. The molecular formula is C20H21ClFN5O3. The van der Waals surface area contributed by atoms with Crippen LogP contribution in [0.5, 0.6) is 5.75 Å². The topological polar surface area (TPSA) is 118 Å². The van der Waals surface area contributed by atoms with Gasteiger partial charge in [-0.15, -0.1) is 0 Å². The summed E-state index contributed by atoms with van der Waals surface area (Å²) in [6.45, 7) is 1.50. The van der Waals surface area contributed by atoms with Crippen molar-refractivity contribution < 1.29 is 19.3 Å². The second kappa shape index (κ2) is 7.35. The smallest absolute Gasteiger partial charge is 0.154 e. The maximum absolute atomic E-state index is 14.4. The Morgan fingerprint density at radius 3 is 2.93 bits per heavy atom. The first-order valence-corrected chi connectivity index (χ1v) is 10.1. The van der Waals surface area contributed by atoms with Crippen molar-refractivity contribution in [1.82, 2.24) is 19.9 Å². The molecule has 2 aromatic heterocycles. The first-order valence-electron chi connectivity index (χ1n) is 9.75. The highest BCUT2D eigenvalue weighted by Crippen LogP contribution is 2.39. The molecule has 4 atom stereocenters. The lowest BCUT2D eigenvalue weighted by atomic mass is 10.00. The molecule has 0 bridgehead atoms. The number of benzene rings is 1. The van der Waals surface area contributed by atoms with Crippen LogP contribution >= 0.6 is 11.6 Å². The van der Waals surface area contributed by atoms with Crippen molar-refractivity contribution in [2.75, 3.05) is 12.3 Å². The van der Waals surface area contributed by atoms with Gasteiger partial charge in [0.15, 0.2) is 5.82 Å². The van der Waals surface area contributed by atoms with E-state index in [9.17, 15) is 14.6 Å². The molecule has 0 amide bonds. The second-order valence-corrected chi connectivity index (χ2v) is 8.19. The number of aliphatic hydroxyl groups is 2. The van der Waals surface area contributed by atoms with Crippen molar-refractivity contribution in [3.63, 3.8) is 0 Å². The first kappa shape index (κ1) is 19.5. The molecule has 10 heteroatoms. The summed E-state index contributed by atoms with van der Waals surface area (Å²) in [5.74, 6) is 0.0241. The van der Waals surface area contributed by atoms with Crippen LogP contribution in [0.2, 0.25) is 5.02 Å². The molecule has 1 aromatic carbocycles. The lowest BCUT2D eigenvalue weighted by molar-refractivity contribution is -0.0166. The van der Waals surface area contributed by atoms with Crippen LogP contribution in [0.3, 0.4) is 0 Å². The van der Waals surface area contributed by atoms with E-state index in [1.165, 1.54) is 17.1 Å². The summed E-state index contributed by atoms with van der Waals surface area (Å²) >= 11 is 6.26. The molecule has 8 nitrogen and oxygen atoms in total. The van der Waals surface area contributed by atoms with E-state index in [1.807, 2.05) is 6.07 Å². The molecule has 0 saturated heterocycles. The minimum atomic E-state index is -1.17. The van der Waals surface area contributed by atoms with Crippen molar-refractivity contribution in [2.24, 2.45) is 0 Å². The fourth-order valence-corrected chi connectivity index (χ4v) is 4.70. The highest BCUT2D eigenvalue weighted by atomic mass is 35.5. The molecule has 4 unspecified atom stereocenters. The Balaban J connectivity index is 1.47. The number of halogens is 2. The number of aliphatic hydroxyl groups excluding tert-OH is 2. The Kier molecular flexibility index (Phi) is 4.78. The van der Waals surface area contributed by atoms with Crippen LogP contribution in [0.1, 0.15) is 23.6 Å². The van der Waals surface area contributed by atoms with E-state index >= 15 is 0 Å². The Hall–Kier alpha value is -2.46. The number of nitrogens with zero attached hydrogens (tertiary/aromatic N) is 3. The van der Waals surface area contributed by atoms with Gasteiger partial charge in [0.2, 0.25) is 0 Å². The molecule has 5 rings (SSSR count). The molecule has 1 saturated carbocycles. The number of nitrogens with one attached hydrogen (secondary N) is 1. The summed E-state index contributed by atoms with van der Waals surface area (Å²) in [6.07, 6.45) is 0.517. The number of anilines is 1. The van der Waals surface area contributed by atoms with Gasteiger partial charge in [-0.05, 0) is 30.7 Å². The third kappa shape index (κ3) is 3.09. The summed E-state index contributed by atoms with van der Waals surface area (Å²) < 4.78 is 22.1. The molecule has 30 heavy (non-hydrogen) atoms. The van der Waals surface area contributed by atoms with E-state index < -0.39 is 30.2 Å². The van der Waals surface area contributed by atoms with Gasteiger partial charge in [0.25, 0.3) is 0 Å². The number of rotatable bonds is 3. The summed E-state index contributed by atoms with van der Waals surface area (Å²) in [7, 11) is 0. The van der Waals surface area contributed by atoms with Gasteiger partial charge in [-0.25, -0.2) is 14.4 Å². The summed E-state index contributed by atoms with van der Waals surface area (Å²) in [5, 5.41) is 25.3. The number of ether oxygens (including phenoxy) is 1. The van der Waals surface area contributed by atoms with Gasteiger partial charge >= 0.3 is 0 Å². The van der Waals surface area contributed by atoms with Crippen LogP contribution in [0.15, 0.2) is 24.7 Å². The molecule has 158 valence electrons. The van der Waals surface area contributed by atoms with E-state index in [-0.39, 0.29) is 23.3 Å². The highest BCUT2D eigenvalue weighted by Gasteiger charge is 2.45. The van der Waals surface area contributed by atoms with Gasteiger partial charge in [-0.2, -0.15) is 0 Å². The predicted octanol–water partition coefficient (Wildman–Crippen LogP) is 1.57. The lowest BCUT2D eigenvalue weighted by Gasteiger charge is -2.24. The number of hydrogen-bond donors (Lipinski definition) is 4. The molecule has 3 aromatic rings. The highest BCUT2D eigenvalue weighted by molar-refractivity contribution is 6.30. The number of aromatic nitrogens is 3. The van der Waals surface area contributed by atoms with Crippen molar-refractivity contribution in [1.29, 1.82) is 0 Å². The molecule has 0 spiro atoms. The average Bonchev–Trinajstić information content (AvgIpc) is 3.20. The molecule has 5 N–H and O–H groups in total. The Labute approximate surface area is 176 Å². The van der Waals surface area contributed by atoms with Crippen LogP contribution in [0, 0.1) is 5.82 Å². The fourth-order valence-electron chi connectivity index (χ4n) is 4.47. The van der Waals surface area contributed by atoms with E-state index in [4.69, 9.17) is 22.1 Å². The third-order valence-corrected chi connectivity index (χ3v) is 6.18. The average molecular weight is 434 g/mol. The van der Waals surface area contributed by atoms with Crippen LogP contribution in [-0.2, 0) is 13.0 Å². The third-order valence-electron chi connectivity index (χ3n) is 5.97. The van der Waals surface area contributed by atoms with Gasteiger partial charge < -0.3 is 30.6 Å². The quantitative estimate of drug-likeness (QED) is 0.495. The lowest BCUT2D eigenvalue weighted by Crippen LogP contribution is -2.34. The molecule has 3 heterocycles. The van der Waals surface area contributed by atoms with Gasteiger partial charge in [0, 0.05) is 29.7 Å². The number of fused-ring (bicyclic) bond motifs is 2. The molecule has 1 fully saturated rings.